The SMILES string of the molecule is CC(C)(C)c1[c-]c2c(cc1C(C)(C)C)-c1cc(C(C)(C)C)c(C(C)(C)C)cc1C2.CC(C)(C)c1ccc([C](=[Zr+2])c2ccc(C(C)(C)C)cc2)cc1.[Cl-].[Cl-].c1cc[cH-]c1. The predicted octanol–water partition coefficient (Wildman–Crippen LogP) is 9.06. The van der Waals surface area contributed by atoms with Crippen molar-refractivity contribution in [2.75, 3.05) is 0 Å². The molecule has 0 unspecified atom stereocenters. The standard InChI is InChI=1S/C29H41.C21H26.C5H5.2ClH.Zr/c1-26(2,3)22-14-18-13-19-15-23(27(4,5)6)25(29(10,11)12)17-21(19)20(18)16-24(22)28(7,8)9;1-20(2,3)18-11-7-16(8-12-18)15-17-9-13-19(14-10-17)21(4,5)6;1-2-4-5-3-1;;;/h14,16-17H,13H2,1-12H3;7-14H,1-6H3;1-5H;2*1H;/q-1;;-1;;;+2/p-2. The van der Waals surface area contributed by atoms with Crippen molar-refractivity contribution in [3.8, 4) is 11.1 Å². The molecular weight excluding hydrogens is 823 g/mol. The maximum Gasteiger partial charge on any atom is -0.172 e. The summed E-state index contributed by atoms with van der Waals surface area (Å²) >= 11 is 1.46. The quantitative estimate of drug-likeness (QED) is 0.152. The van der Waals surface area contributed by atoms with Crippen LogP contribution in [-0.4, -0.2) is 3.21 Å². The maximum absolute atomic E-state index is 3.90. The fourth-order valence-corrected chi connectivity index (χ4v) is 8.21. The Kier molecular flexibility index (Phi) is 17.0. The van der Waals surface area contributed by atoms with Gasteiger partial charge in [0.25, 0.3) is 0 Å². The molecule has 0 bridgehead atoms. The fourth-order valence-electron chi connectivity index (χ4n) is 7.39. The zero-order valence-electron chi connectivity index (χ0n) is 39.2. The number of hydrogen-bond donors (Lipinski definition) is 0. The Balaban J connectivity index is 0.000000354. The molecule has 1 aliphatic rings. The van der Waals surface area contributed by atoms with Crippen LogP contribution in [0.25, 0.3) is 11.1 Å². The van der Waals surface area contributed by atoms with Crippen LogP contribution in [0, 0.1) is 6.07 Å². The van der Waals surface area contributed by atoms with Crippen LogP contribution in [0.3, 0.4) is 0 Å². The third-order valence-electron chi connectivity index (χ3n) is 10.9. The van der Waals surface area contributed by atoms with Crippen LogP contribution in [0.1, 0.15) is 180 Å². The van der Waals surface area contributed by atoms with E-state index in [1.807, 2.05) is 30.3 Å². The molecule has 58 heavy (non-hydrogen) atoms. The van der Waals surface area contributed by atoms with E-state index >= 15 is 0 Å². The number of halogens is 2. The summed E-state index contributed by atoms with van der Waals surface area (Å²) in [5, 5.41) is 0. The van der Waals surface area contributed by atoms with Crippen LogP contribution in [-0.2, 0) is 63.1 Å². The normalized spacial score (nSPS) is 12.8. The molecule has 0 nitrogen and oxygen atoms in total. The van der Waals surface area contributed by atoms with Gasteiger partial charge in [0.2, 0.25) is 0 Å². The summed E-state index contributed by atoms with van der Waals surface area (Å²) < 4.78 is 1.42. The van der Waals surface area contributed by atoms with E-state index in [2.05, 4.69) is 197 Å². The maximum atomic E-state index is 3.90. The first-order valence-corrected chi connectivity index (χ1v) is 22.0. The minimum Gasteiger partial charge on any atom is -1.00 e. The zero-order chi connectivity index (χ0) is 42.2. The van der Waals surface area contributed by atoms with Gasteiger partial charge in [-0.3, -0.25) is 0 Å². The molecule has 0 aliphatic heterocycles. The van der Waals surface area contributed by atoms with E-state index in [4.69, 9.17) is 0 Å². The summed E-state index contributed by atoms with van der Waals surface area (Å²) in [6.45, 7) is 41.5. The molecule has 0 saturated carbocycles. The van der Waals surface area contributed by atoms with Gasteiger partial charge < -0.3 is 24.8 Å². The van der Waals surface area contributed by atoms with Crippen LogP contribution in [0.5, 0.6) is 0 Å². The van der Waals surface area contributed by atoms with E-state index in [1.54, 1.807) is 0 Å². The van der Waals surface area contributed by atoms with Crippen molar-refractivity contribution < 1.29 is 49.0 Å². The van der Waals surface area contributed by atoms with Gasteiger partial charge in [-0.05, 0) is 39.4 Å². The second-order valence-corrected chi connectivity index (χ2v) is 23.4. The molecule has 0 radical (unpaired) electrons. The van der Waals surface area contributed by atoms with Crippen molar-refractivity contribution >= 4 is 3.21 Å². The van der Waals surface area contributed by atoms with Gasteiger partial charge in [0.15, 0.2) is 0 Å². The summed E-state index contributed by atoms with van der Waals surface area (Å²) in [7, 11) is 0. The van der Waals surface area contributed by atoms with Gasteiger partial charge >= 0.3 is 151 Å². The Hall–Kier alpha value is -2.44. The Labute approximate surface area is 383 Å². The van der Waals surface area contributed by atoms with E-state index in [0.29, 0.717) is 0 Å². The van der Waals surface area contributed by atoms with Gasteiger partial charge in [0.1, 0.15) is 0 Å². The van der Waals surface area contributed by atoms with Gasteiger partial charge in [-0.1, -0.05) is 106 Å². The molecule has 5 aromatic rings. The average Bonchev–Trinajstić information content (AvgIpc) is 3.77. The summed E-state index contributed by atoms with van der Waals surface area (Å²) in [6.07, 6.45) is 1.01. The Morgan fingerprint density at radius 1 is 0.483 bits per heavy atom. The summed E-state index contributed by atoms with van der Waals surface area (Å²) in [4.78, 5) is 0. The van der Waals surface area contributed by atoms with E-state index < -0.39 is 0 Å². The van der Waals surface area contributed by atoms with Crippen LogP contribution >= 0.6 is 0 Å². The molecule has 0 spiro atoms. The Morgan fingerprint density at radius 2 is 0.862 bits per heavy atom. The second kappa shape index (κ2) is 19.1. The van der Waals surface area contributed by atoms with Gasteiger partial charge in [0, 0.05) is 0 Å². The van der Waals surface area contributed by atoms with E-state index in [0.717, 1.165) is 6.42 Å². The van der Waals surface area contributed by atoms with Crippen LogP contribution in [0.4, 0.5) is 0 Å². The second-order valence-electron chi connectivity index (χ2n) is 22.2. The molecule has 5 aromatic carbocycles. The van der Waals surface area contributed by atoms with Crippen molar-refractivity contribution in [1.29, 1.82) is 0 Å². The average molecular weight is 895 g/mol. The van der Waals surface area contributed by atoms with Crippen LogP contribution in [0.2, 0.25) is 0 Å². The summed E-state index contributed by atoms with van der Waals surface area (Å²) in [5.41, 5.74) is 17.8. The Morgan fingerprint density at radius 3 is 1.19 bits per heavy atom. The third kappa shape index (κ3) is 13.0. The summed E-state index contributed by atoms with van der Waals surface area (Å²) in [5.74, 6) is 0. The van der Waals surface area contributed by atoms with Crippen molar-refractivity contribution in [3.05, 3.63) is 159 Å². The molecule has 0 saturated heterocycles. The van der Waals surface area contributed by atoms with E-state index in [1.165, 1.54) is 94.2 Å². The van der Waals surface area contributed by atoms with Crippen LogP contribution < -0.4 is 24.8 Å². The number of fused-ring (bicyclic) bond motifs is 3. The first-order chi connectivity index (χ1) is 25.5. The van der Waals surface area contributed by atoms with Crippen molar-refractivity contribution in [3.63, 3.8) is 0 Å². The molecule has 312 valence electrons. The van der Waals surface area contributed by atoms with Crippen molar-refractivity contribution in [2.45, 2.75) is 164 Å². The monoisotopic (exact) mass is 892 g/mol. The zero-order valence-corrected chi connectivity index (χ0v) is 43.2. The molecule has 6 rings (SSSR count). The number of benzene rings is 4. The molecular formula is C55H72Cl2Zr-2. The molecule has 3 heteroatoms. The number of rotatable bonds is 2. The fraction of sp³-hybridized carbons (Fsp3) is 0.455. The minimum absolute atomic E-state index is 0. The van der Waals surface area contributed by atoms with Gasteiger partial charge in [-0.15, -0.1) is 16.7 Å². The predicted molar refractivity (Wildman–Crippen MR) is 244 cm³/mol. The van der Waals surface area contributed by atoms with Crippen molar-refractivity contribution in [2.24, 2.45) is 0 Å². The van der Waals surface area contributed by atoms with Gasteiger partial charge in [0.05, 0.1) is 0 Å². The smallest absolute Gasteiger partial charge is 0.172 e. The molecule has 0 amide bonds. The third-order valence-corrected chi connectivity index (χ3v) is 12.3. The largest absolute Gasteiger partial charge is 1.00 e. The van der Waals surface area contributed by atoms with Gasteiger partial charge in [-0.2, -0.15) is 35.9 Å². The molecule has 1 aliphatic carbocycles. The van der Waals surface area contributed by atoms with E-state index in [9.17, 15) is 0 Å². The topological polar surface area (TPSA) is 0 Å². The van der Waals surface area contributed by atoms with Crippen molar-refractivity contribution in [1.82, 2.24) is 0 Å². The van der Waals surface area contributed by atoms with E-state index in [-0.39, 0.29) is 57.3 Å². The molecule has 0 fully saturated rings. The molecule has 0 N–H and O–H groups in total. The van der Waals surface area contributed by atoms with Crippen LogP contribution in [0.15, 0.2) is 97.1 Å². The molecule has 0 aromatic heterocycles. The molecule has 0 heterocycles. The minimum atomic E-state index is 0. The van der Waals surface area contributed by atoms with Gasteiger partial charge in [-0.25, -0.2) is 12.1 Å². The summed E-state index contributed by atoms with van der Waals surface area (Å²) in [6, 6.07) is 39.5. The first-order valence-electron chi connectivity index (χ1n) is 20.7. The first kappa shape index (κ1) is 51.7. The Bertz CT molecular complexity index is 1930. The number of hydrogen-bond acceptors (Lipinski definition) is 0. The molecule has 0 atom stereocenters.